The van der Waals surface area contributed by atoms with Crippen molar-refractivity contribution >= 4 is 41.8 Å². The lowest BCUT2D eigenvalue weighted by Crippen LogP contribution is -2.44. The number of para-hydroxylation sites is 3. The van der Waals surface area contributed by atoms with Crippen LogP contribution in [0.4, 0.5) is 0 Å². The van der Waals surface area contributed by atoms with E-state index in [1.54, 1.807) is 0 Å². The lowest BCUT2D eigenvalue weighted by molar-refractivity contribution is -0.132. The van der Waals surface area contributed by atoms with Gasteiger partial charge in [0.2, 0.25) is 5.91 Å². The SMILES string of the molecule is Cl.Cl.NC1CCN(C(=O)Cn2c(COc3ccccc3)nc3ccccc32)CC1. The molecule has 0 atom stereocenters. The van der Waals surface area contributed by atoms with Crippen molar-refractivity contribution in [2.75, 3.05) is 13.1 Å². The van der Waals surface area contributed by atoms with Gasteiger partial charge in [0.1, 0.15) is 24.7 Å². The van der Waals surface area contributed by atoms with E-state index in [-0.39, 0.29) is 43.3 Å². The molecule has 29 heavy (non-hydrogen) atoms. The Labute approximate surface area is 182 Å². The van der Waals surface area contributed by atoms with Crippen LogP contribution in [-0.4, -0.2) is 39.5 Å². The Balaban J connectivity index is 0.00000150. The van der Waals surface area contributed by atoms with Gasteiger partial charge in [-0.3, -0.25) is 4.79 Å². The number of benzene rings is 2. The maximum Gasteiger partial charge on any atom is 0.242 e. The number of piperidine rings is 1. The lowest BCUT2D eigenvalue weighted by Gasteiger charge is -2.30. The van der Waals surface area contributed by atoms with E-state index in [1.807, 2.05) is 64.1 Å². The maximum atomic E-state index is 12.8. The highest BCUT2D eigenvalue weighted by Gasteiger charge is 2.22. The van der Waals surface area contributed by atoms with Gasteiger partial charge in [0.15, 0.2) is 0 Å². The van der Waals surface area contributed by atoms with Gasteiger partial charge in [-0.25, -0.2) is 4.98 Å². The standard InChI is InChI=1S/C21H24N4O2.2ClH/c22-16-10-12-24(13-11-16)21(26)14-25-19-9-5-4-8-18(19)23-20(25)15-27-17-6-2-1-3-7-17;;/h1-9,16H,10-15,22H2;2*1H. The molecule has 6 nitrogen and oxygen atoms in total. The summed E-state index contributed by atoms with van der Waals surface area (Å²) in [5.74, 6) is 1.64. The van der Waals surface area contributed by atoms with E-state index >= 15 is 0 Å². The van der Waals surface area contributed by atoms with E-state index < -0.39 is 0 Å². The summed E-state index contributed by atoms with van der Waals surface area (Å²) < 4.78 is 7.85. The molecule has 156 valence electrons. The number of hydrogen-bond acceptors (Lipinski definition) is 4. The van der Waals surface area contributed by atoms with Crippen molar-refractivity contribution in [1.82, 2.24) is 14.5 Å². The molecule has 0 spiro atoms. The molecule has 3 aromatic rings. The number of aromatic nitrogens is 2. The van der Waals surface area contributed by atoms with Gasteiger partial charge < -0.3 is 19.9 Å². The molecule has 1 aromatic heterocycles. The minimum atomic E-state index is 0. The normalized spacial score (nSPS) is 14.2. The first-order valence-corrected chi connectivity index (χ1v) is 9.36. The summed E-state index contributed by atoms with van der Waals surface area (Å²) in [5, 5.41) is 0. The molecule has 0 unspecified atom stereocenters. The maximum absolute atomic E-state index is 12.8. The number of carbonyl (C=O) groups is 1. The van der Waals surface area contributed by atoms with E-state index in [1.165, 1.54) is 0 Å². The second-order valence-corrected chi connectivity index (χ2v) is 6.92. The number of hydrogen-bond donors (Lipinski definition) is 1. The van der Waals surface area contributed by atoms with E-state index in [0.29, 0.717) is 6.61 Å². The summed E-state index contributed by atoms with van der Waals surface area (Å²) in [6.07, 6.45) is 1.72. The quantitative estimate of drug-likeness (QED) is 0.664. The van der Waals surface area contributed by atoms with Gasteiger partial charge in [0.25, 0.3) is 0 Å². The number of halogens is 2. The minimum Gasteiger partial charge on any atom is -0.486 e. The molecule has 0 bridgehead atoms. The molecule has 1 amide bonds. The first-order valence-electron chi connectivity index (χ1n) is 9.36. The van der Waals surface area contributed by atoms with Crippen molar-refractivity contribution in [3.05, 3.63) is 60.4 Å². The number of carbonyl (C=O) groups excluding carboxylic acids is 1. The average molecular weight is 437 g/mol. The predicted molar refractivity (Wildman–Crippen MR) is 119 cm³/mol. The summed E-state index contributed by atoms with van der Waals surface area (Å²) in [6, 6.07) is 17.7. The lowest BCUT2D eigenvalue weighted by atomic mass is 10.1. The van der Waals surface area contributed by atoms with Gasteiger partial charge in [-0.05, 0) is 37.1 Å². The van der Waals surface area contributed by atoms with Crippen LogP contribution >= 0.6 is 24.8 Å². The minimum absolute atomic E-state index is 0. The molecule has 2 aromatic carbocycles. The molecule has 2 heterocycles. The molecule has 1 fully saturated rings. The van der Waals surface area contributed by atoms with Gasteiger partial charge in [0, 0.05) is 19.1 Å². The Morgan fingerprint density at radius 2 is 1.69 bits per heavy atom. The van der Waals surface area contributed by atoms with Gasteiger partial charge in [-0.1, -0.05) is 30.3 Å². The summed E-state index contributed by atoms with van der Waals surface area (Å²) in [7, 11) is 0. The monoisotopic (exact) mass is 436 g/mol. The Bertz CT molecular complexity index is 925. The molecule has 4 rings (SSSR count). The molecule has 0 saturated carbocycles. The molecule has 1 aliphatic heterocycles. The summed E-state index contributed by atoms with van der Waals surface area (Å²) in [4.78, 5) is 19.4. The predicted octanol–water partition coefficient (Wildman–Crippen LogP) is 3.41. The fourth-order valence-electron chi connectivity index (χ4n) is 3.46. The van der Waals surface area contributed by atoms with Crippen LogP contribution in [0, 0.1) is 0 Å². The zero-order valence-corrected chi connectivity index (χ0v) is 17.7. The first kappa shape index (κ1) is 23.0. The van der Waals surface area contributed by atoms with Crippen LogP contribution in [0.3, 0.4) is 0 Å². The molecule has 8 heteroatoms. The van der Waals surface area contributed by atoms with Gasteiger partial charge >= 0.3 is 0 Å². The topological polar surface area (TPSA) is 73.4 Å². The molecular weight excluding hydrogens is 411 g/mol. The third-order valence-electron chi connectivity index (χ3n) is 5.03. The third kappa shape index (κ3) is 5.41. The fraction of sp³-hybridized carbons (Fsp3) is 0.333. The second-order valence-electron chi connectivity index (χ2n) is 6.92. The first-order chi connectivity index (χ1) is 13.2. The third-order valence-corrected chi connectivity index (χ3v) is 5.03. The number of fused-ring (bicyclic) bond motifs is 1. The van der Waals surface area contributed by atoms with E-state index in [0.717, 1.165) is 48.5 Å². The number of ether oxygens (including phenoxy) is 1. The van der Waals surface area contributed by atoms with Crippen molar-refractivity contribution in [2.24, 2.45) is 5.73 Å². The number of amides is 1. The molecule has 1 aliphatic rings. The molecular formula is C21H26Cl2N4O2. The zero-order chi connectivity index (χ0) is 18.6. The molecule has 2 N–H and O–H groups in total. The second kappa shape index (κ2) is 10.5. The molecule has 1 saturated heterocycles. The van der Waals surface area contributed by atoms with Crippen LogP contribution in [0.15, 0.2) is 54.6 Å². The van der Waals surface area contributed by atoms with Crippen LogP contribution in [0.1, 0.15) is 18.7 Å². The summed E-state index contributed by atoms with van der Waals surface area (Å²) in [6.45, 7) is 2.03. The van der Waals surface area contributed by atoms with Crippen molar-refractivity contribution in [2.45, 2.75) is 32.0 Å². The summed E-state index contributed by atoms with van der Waals surface area (Å²) in [5.41, 5.74) is 7.78. The van der Waals surface area contributed by atoms with Gasteiger partial charge in [-0.15, -0.1) is 24.8 Å². The smallest absolute Gasteiger partial charge is 0.242 e. The van der Waals surface area contributed by atoms with Crippen molar-refractivity contribution in [1.29, 1.82) is 0 Å². The fourth-order valence-corrected chi connectivity index (χ4v) is 3.46. The van der Waals surface area contributed by atoms with Crippen molar-refractivity contribution in [3.8, 4) is 5.75 Å². The number of likely N-dealkylation sites (tertiary alicyclic amines) is 1. The average Bonchev–Trinajstić information content (AvgIpc) is 3.05. The van der Waals surface area contributed by atoms with E-state index in [4.69, 9.17) is 10.5 Å². The zero-order valence-electron chi connectivity index (χ0n) is 16.1. The van der Waals surface area contributed by atoms with E-state index in [9.17, 15) is 4.79 Å². The Hall–Kier alpha value is -2.28. The van der Waals surface area contributed by atoms with Crippen LogP contribution in [0.25, 0.3) is 11.0 Å². The highest BCUT2D eigenvalue weighted by Crippen LogP contribution is 2.19. The highest BCUT2D eigenvalue weighted by atomic mass is 35.5. The molecule has 0 aliphatic carbocycles. The number of rotatable bonds is 5. The van der Waals surface area contributed by atoms with E-state index in [2.05, 4.69) is 4.98 Å². The molecule has 0 radical (unpaired) electrons. The largest absolute Gasteiger partial charge is 0.486 e. The number of nitrogens with zero attached hydrogens (tertiary/aromatic N) is 3. The Morgan fingerprint density at radius 1 is 1.03 bits per heavy atom. The Kier molecular flexibility index (Phi) is 8.32. The number of imidazole rings is 1. The number of nitrogens with two attached hydrogens (primary N) is 1. The highest BCUT2D eigenvalue weighted by molar-refractivity contribution is 5.85. The van der Waals surface area contributed by atoms with Gasteiger partial charge in [-0.2, -0.15) is 0 Å². The van der Waals surface area contributed by atoms with Crippen LogP contribution in [0.5, 0.6) is 5.75 Å². The van der Waals surface area contributed by atoms with Crippen LogP contribution in [-0.2, 0) is 17.9 Å². The van der Waals surface area contributed by atoms with Crippen molar-refractivity contribution in [3.63, 3.8) is 0 Å². The van der Waals surface area contributed by atoms with Crippen molar-refractivity contribution < 1.29 is 9.53 Å². The van der Waals surface area contributed by atoms with Gasteiger partial charge in [0.05, 0.1) is 11.0 Å². The van der Waals surface area contributed by atoms with Crippen LogP contribution in [0.2, 0.25) is 0 Å². The summed E-state index contributed by atoms with van der Waals surface area (Å²) >= 11 is 0. The van der Waals surface area contributed by atoms with Crippen LogP contribution < -0.4 is 10.5 Å². The Morgan fingerprint density at radius 3 is 2.41 bits per heavy atom.